The summed E-state index contributed by atoms with van der Waals surface area (Å²) in [5.41, 5.74) is 7.05. The monoisotopic (exact) mass is 606 g/mol. The minimum atomic E-state index is -3.08. The highest BCUT2D eigenvalue weighted by Gasteiger charge is 2.37. The van der Waals surface area contributed by atoms with Crippen LogP contribution < -0.4 is 20.2 Å². The van der Waals surface area contributed by atoms with Crippen LogP contribution in [0.15, 0.2) is 48.8 Å². The lowest BCUT2D eigenvalue weighted by Crippen LogP contribution is -2.36. The van der Waals surface area contributed by atoms with Crippen LogP contribution in [0.1, 0.15) is 50.8 Å². The lowest BCUT2D eigenvalue weighted by atomic mass is 10.0. The number of amides is 2. The number of imide groups is 1. The molecule has 9 nitrogen and oxygen atoms in total. The van der Waals surface area contributed by atoms with Crippen molar-refractivity contribution in [1.82, 2.24) is 4.90 Å². The molecule has 0 unspecified atom stereocenters. The van der Waals surface area contributed by atoms with E-state index in [1.54, 1.807) is 0 Å². The molecule has 13 heteroatoms. The summed E-state index contributed by atoms with van der Waals surface area (Å²) in [5, 5.41) is 0.527. The largest absolute Gasteiger partial charge is 0.489 e. The minimum absolute atomic E-state index is 0.0200. The molecule has 1 atom stereocenters. The maximum Gasteiger partial charge on any atom is 0.387 e. The predicted molar refractivity (Wildman–Crippen MR) is 143 cm³/mol. The second-order valence-electron chi connectivity index (χ2n) is 9.65. The lowest BCUT2D eigenvalue weighted by molar-refractivity contribution is -0.377. The van der Waals surface area contributed by atoms with Crippen LogP contribution in [0.4, 0.5) is 14.5 Å². The van der Waals surface area contributed by atoms with E-state index in [0.717, 1.165) is 17.7 Å². The number of nitrogens with zero attached hydrogens (tertiary/aromatic N) is 1. The number of nitrogen functional groups attached to an aromatic ring is 1. The molecule has 1 saturated carbocycles. The van der Waals surface area contributed by atoms with Crippen LogP contribution in [0.3, 0.4) is 0 Å². The molecular weight excluding hydrogens is 583 g/mol. The molecule has 0 saturated heterocycles. The number of anilines is 1. The Kier molecular flexibility index (Phi) is 8.27. The van der Waals surface area contributed by atoms with Crippen molar-refractivity contribution in [1.29, 1.82) is 0 Å². The molecule has 2 heterocycles. The van der Waals surface area contributed by atoms with Crippen LogP contribution in [0, 0.1) is 5.92 Å². The van der Waals surface area contributed by atoms with E-state index in [-0.39, 0.29) is 39.1 Å². The Balaban J connectivity index is 1.42. The van der Waals surface area contributed by atoms with Gasteiger partial charge in [0.15, 0.2) is 23.9 Å². The molecule has 0 spiro atoms. The van der Waals surface area contributed by atoms with Crippen molar-refractivity contribution in [2.75, 3.05) is 18.9 Å². The van der Waals surface area contributed by atoms with Gasteiger partial charge in [-0.05, 0) is 54.7 Å². The standard InChI is InChI=1S/C28H23Cl2F2N3O6/c29-20-10-34-11-21(30)19(20)9-23(15-3-6-22(41-28(31)32)24(7-15)39-13-14-1-2-14)40-25(36)12-35-26(37)17-5-4-16(33)8-18(17)27(35)38/h3-8,10-11,14,23,28H,1-2,9,12-13,33H2/p+1/t23-/m0/s1. The third kappa shape index (κ3) is 6.52. The van der Waals surface area contributed by atoms with Crippen LogP contribution in [0.25, 0.3) is 0 Å². The molecule has 2 amide bonds. The van der Waals surface area contributed by atoms with Crippen LogP contribution in [-0.4, -0.2) is 42.4 Å². The van der Waals surface area contributed by atoms with Gasteiger partial charge in [0.05, 0.1) is 17.7 Å². The fourth-order valence-corrected chi connectivity index (χ4v) is 4.92. The molecule has 2 aliphatic rings. The second-order valence-corrected chi connectivity index (χ2v) is 10.5. The lowest BCUT2D eigenvalue weighted by Gasteiger charge is -2.22. The Hall–Kier alpha value is -3.96. The highest BCUT2D eigenvalue weighted by atomic mass is 35.5. The molecule has 0 radical (unpaired) electrons. The number of pyridine rings is 1. The van der Waals surface area contributed by atoms with Crippen LogP contribution in [-0.2, 0) is 16.0 Å². The molecule has 0 bridgehead atoms. The predicted octanol–water partition coefficient (Wildman–Crippen LogP) is 4.90. The van der Waals surface area contributed by atoms with Gasteiger partial charge in [-0.3, -0.25) is 19.3 Å². The number of halogens is 4. The zero-order chi connectivity index (χ0) is 29.3. The maximum atomic E-state index is 13.2. The minimum Gasteiger partial charge on any atom is -0.489 e. The third-order valence-electron chi connectivity index (χ3n) is 6.67. The van der Waals surface area contributed by atoms with E-state index in [1.807, 2.05) is 0 Å². The highest BCUT2D eigenvalue weighted by Crippen LogP contribution is 2.38. The normalized spacial score (nSPS) is 15.2. The first-order chi connectivity index (χ1) is 19.6. The fraction of sp³-hybridized carbons (Fsp3) is 0.286. The molecule has 1 aromatic heterocycles. The van der Waals surface area contributed by atoms with Gasteiger partial charge >= 0.3 is 12.6 Å². The summed E-state index contributed by atoms with van der Waals surface area (Å²) < 4.78 is 42.3. The number of fused-ring (bicyclic) bond motifs is 1. The first-order valence-electron chi connectivity index (χ1n) is 12.6. The SMILES string of the molecule is Nc1ccc2c(c1)C(=O)N(CC(=O)O[C@@H](Cc1c(Cl)c[nH+]cc1Cl)c1ccc(OC(F)F)c(OCC3CC3)c1)C2=O. The van der Waals surface area contributed by atoms with Gasteiger partial charge in [0.25, 0.3) is 11.8 Å². The van der Waals surface area contributed by atoms with E-state index in [4.69, 9.17) is 38.4 Å². The zero-order valence-electron chi connectivity index (χ0n) is 21.4. The quantitative estimate of drug-likeness (QED) is 0.187. The molecule has 1 fully saturated rings. The van der Waals surface area contributed by atoms with Gasteiger partial charge in [-0.1, -0.05) is 29.3 Å². The van der Waals surface area contributed by atoms with Crippen molar-refractivity contribution in [3.8, 4) is 11.5 Å². The van der Waals surface area contributed by atoms with Crippen molar-refractivity contribution < 1.29 is 42.4 Å². The maximum absolute atomic E-state index is 13.2. The fourth-order valence-electron chi connectivity index (χ4n) is 4.38. The summed E-state index contributed by atoms with van der Waals surface area (Å²) in [4.78, 5) is 42.4. The van der Waals surface area contributed by atoms with Gasteiger partial charge < -0.3 is 19.9 Å². The van der Waals surface area contributed by atoms with E-state index in [1.165, 1.54) is 48.8 Å². The van der Waals surface area contributed by atoms with E-state index in [9.17, 15) is 23.2 Å². The molecular formula is C28H24Cl2F2N3O6+. The Morgan fingerprint density at radius 3 is 2.41 bits per heavy atom. The molecule has 1 aliphatic heterocycles. The number of hydrogen-bond donors (Lipinski definition) is 1. The topological polar surface area (TPSA) is 122 Å². The number of H-pyrrole nitrogens is 1. The Morgan fingerprint density at radius 1 is 1.02 bits per heavy atom. The summed E-state index contributed by atoms with van der Waals surface area (Å²) in [6, 6.07) is 8.45. The van der Waals surface area contributed by atoms with Crippen molar-refractivity contribution >= 4 is 46.7 Å². The summed E-state index contributed by atoms with van der Waals surface area (Å²) in [6.45, 7) is -3.44. The van der Waals surface area contributed by atoms with Gasteiger partial charge in [-0.2, -0.15) is 8.78 Å². The number of esters is 1. The van der Waals surface area contributed by atoms with Crippen molar-refractivity contribution in [3.05, 3.63) is 81.1 Å². The van der Waals surface area contributed by atoms with E-state index in [2.05, 4.69) is 9.72 Å². The smallest absolute Gasteiger partial charge is 0.387 e. The average molecular weight is 607 g/mol. The zero-order valence-corrected chi connectivity index (χ0v) is 22.9. The van der Waals surface area contributed by atoms with Crippen LogP contribution in [0.2, 0.25) is 10.0 Å². The first kappa shape index (κ1) is 28.6. The van der Waals surface area contributed by atoms with E-state index < -0.39 is 37.0 Å². The second kappa shape index (κ2) is 11.9. The van der Waals surface area contributed by atoms with Crippen LogP contribution >= 0.6 is 23.2 Å². The molecule has 214 valence electrons. The van der Waals surface area contributed by atoms with Crippen molar-refractivity contribution in [3.63, 3.8) is 0 Å². The number of carbonyl (C=O) groups excluding carboxylic acids is 3. The number of carbonyl (C=O) groups is 3. The number of benzene rings is 2. The molecule has 3 N–H and O–H groups in total. The number of hydrogen-bond acceptors (Lipinski definition) is 7. The van der Waals surface area contributed by atoms with Gasteiger partial charge in [0.2, 0.25) is 0 Å². The van der Waals surface area contributed by atoms with E-state index >= 15 is 0 Å². The molecule has 2 aromatic carbocycles. The number of nitrogens with two attached hydrogens (primary N) is 1. The number of nitrogens with one attached hydrogen (secondary N) is 1. The Bertz CT molecular complexity index is 1500. The number of alkyl halides is 2. The third-order valence-corrected chi connectivity index (χ3v) is 7.34. The van der Waals surface area contributed by atoms with Crippen molar-refractivity contribution in [2.45, 2.75) is 32.0 Å². The molecule has 3 aromatic rings. The van der Waals surface area contributed by atoms with E-state index in [0.29, 0.717) is 29.3 Å². The summed E-state index contributed by atoms with van der Waals surface area (Å²) in [7, 11) is 0. The van der Waals surface area contributed by atoms with Gasteiger partial charge in [-0.25, -0.2) is 4.98 Å². The number of rotatable bonds is 11. The van der Waals surface area contributed by atoms with Gasteiger partial charge in [-0.15, -0.1) is 0 Å². The number of aromatic amines is 1. The first-order valence-corrected chi connectivity index (χ1v) is 13.4. The average Bonchev–Trinajstić information content (AvgIpc) is 3.73. The number of ether oxygens (including phenoxy) is 3. The Morgan fingerprint density at radius 2 is 1.73 bits per heavy atom. The van der Waals surface area contributed by atoms with Crippen LogP contribution in [0.5, 0.6) is 11.5 Å². The van der Waals surface area contributed by atoms with Gasteiger partial charge in [0, 0.05) is 17.7 Å². The molecule has 5 rings (SSSR count). The Labute approximate surface area is 243 Å². The summed E-state index contributed by atoms with van der Waals surface area (Å²) >= 11 is 12.7. The number of aromatic nitrogens is 1. The highest BCUT2D eigenvalue weighted by molar-refractivity contribution is 6.35. The van der Waals surface area contributed by atoms with Crippen molar-refractivity contribution in [2.24, 2.45) is 5.92 Å². The summed E-state index contributed by atoms with van der Waals surface area (Å²) in [5.74, 6) is -2.05. The van der Waals surface area contributed by atoms with Gasteiger partial charge in [0.1, 0.15) is 22.7 Å². The molecule has 1 aliphatic carbocycles. The summed E-state index contributed by atoms with van der Waals surface area (Å²) in [6.07, 6.45) is 3.85. The molecule has 41 heavy (non-hydrogen) atoms.